The molecular formula is C70H101N19O18S2. The first-order valence-electron chi connectivity index (χ1n) is 35.3. The van der Waals surface area contributed by atoms with Gasteiger partial charge in [0, 0.05) is 47.9 Å². The fourth-order valence-corrected chi connectivity index (χ4v) is 13.4. The number of nitrogens with one attached hydrogen (secondary N) is 14. The number of aliphatic hydroxyl groups is 3. The number of H-pyrrole nitrogens is 1. The number of nitrogens with two attached hydrogens (primary N) is 5. The Morgan fingerprint density at radius 2 is 0.936 bits per heavy atom. The van der Waals surface area contributed by atoms with Gasteiger partial charge in [0.05, 0.1) is 37.8 Å². The maximum absolute atomic E-state index is 15.1. The number of amides is 15. The minimum absolute atomic E-state index is 0.122. The quantitative estimate of drug-likeness (QED) is 0.0229. The zero-order chi connectivity index (χ0) is 80.4. The van der Waals surface area contributed by atoms with Gasteiger partial charge in [-0.2, -0.15) is 0 Å². The standard InChI is InChI=1S/C70H101N19O18S2/c1-36(73)59(96)77-32-55(94)79-53-35-109-108-34-52(58(75)95)87-67(104)51(33-90)86-70(107)57(39(4)92)89-66(103)48(28-41-19-9-6-10-20-41)85-69(106)56(38(3)91)88-62(99)46(24-14-16-26-72)80-65(102)49(29-42-31-76-44-22-12-11-21-43(42)44)83-64(101)47(27-40-17-7-5-8-18-40)82-60(97)37(2)78-63(100)50(30-54(74)93)84-61(98)45(81-68(53)105)23-13-15-25-71/h5-12,17-22,31,36-39,45-53,56-57,76,90-92H,13-16,23-30,32-35,71-73H2,1-4H3,(H2,74,93)(H2,75,95)(H,77,96)(H,78,100)(H,79,94)(H,80,102)(H,81,105)(H,82,97)(H,83,101)(H,84,98)(H,85,106)(H,86,107)(H,87,104)(H,88,99)(H,89,103)/t36-,37-,38+,39+,45-,46-,47-,48-,49-,50-,51-,52-,53-,56-,57-/m0/s1. The van der Waals surface area contributed by atoms with Gasteiger partial charge in [0.2, 0.25) is 88.6 Å². The first kappa shape index (κ1) is 89.3. The van der Waals surface area contributed by atoms with E-state index < -0.39 is 210 Å². The average molecular weight is 1560 g/mol. The van der Waals surface area contributed by atoms with Gasteiger partial charge in [0.1, 0.15) is 72.5 Å². The van der Waals surface area contributed by atoms with Crippen LogP contribution in [-0.2, 0) is 91.2 Å². The number of hydrogen-bond acceptors (Lipinski definition) is 23. The molecule has 1 aliphatic rings. The van der Waals surface area contributed by atoms with Crippen LogP contribution in [0.25, 0.3) is 10.9 Å². The lowest BCUT2D eigenvalue weighted by molar-refractivity contribution is -0.138. The van der Waals surface area contributed by atoms with Gasteiger partial charge in [-0.25, -0.2) is 0 Å². The van der Waals surface area contributed by atoms with Gasteiger partial charge in [-0.3, -0.25) is 71.9 Å². The van der Waals surface area contributed by atoms with Crippen LogP contribution in [0.1, 0.15) is 89.3 Å². The van der Waals surface area contributed by atoms with Gasteiger partial charge in [-0.05, 0) is 102 Å². The molecule has 1 aliphatic heterocycles. The largest absolute Gasteiger partial charge is 0.394 e. The molecule has 0 spiro atoms. The summed E-state index contributed by atoms with van der Waals surface area (Å²) in [5.41, 5.74) is 30.7. The van der Waals surface area contributed by atoms with Crippen molar-refractivity contribution < 1.29 is 87.2 Å². The predicted octanol–water partition coefficient (Wildman–Crippen LogP) is -6.74. The monoisotopic (exact) mass is 1560 g/mol. The van der Waals surface area contributed by atoms with E-state index in [9.17, 15) is 77.6 Å². The lowest BCUT2D eigenvalue weighted by Crippen LogP contribution is -2.63. The summed E-state index contributed by atoms with van der Waals surface area (Å²) in [7, 11) is 1.63. The van der Waals surface area contributed by atoms with Crippen molar-refractivity contribution in [1.29, 1.82) is 0 Å². The average Bonchev–Trinajstić information content (AvgIpc) is 1.70. The minimum atomic E-state index is -1.96. The maximum Gasteiger partial charge on any atom is 0.245 e. The summed E-state index contributed by atoms with van der Waals surface area (Å²) in [5, 5.41) is 65.4. The number of benzene rings is 3. The molecule has 15 atom stereocenters. The molecule has 5 rings (SSSR count). The molecular weight excluding hydrogens is 1460 g/mol. The van der Waals surface area contributed by atoms with Crippen molar-refractivity contribution in [3.8, 4) is 0 Å². The van der Waals surface area contributed by atoms with Crippen LogP contribution in [0.2, 0.25) is 0 Å². The molecule has 0 bridgehead atoms. The van der Waals surface area contributed by atoms with Crippen molar-refractivity contribution in [2.45, 2.75) is 183 Å². The van der Waals surface area contributed by atoms with Crippen molar-refractivity contribution in [1.82, 2.24) is 74.1 Å². The lowest BCUT2D eigenvalue weighted by atomic mass is 10.0. The van der Waals surface area contributed by atoms with Crippen molar-refractivity contribution in [3.63, 3.8) is 0 Å². The zero-order valence-electron chi connectivity index (χ0n) is 60.8. The van der Waals surface area contributed by atoms with E-state index in [2.05, 4.69) is 74.1 Å². The van der Waals surface area contributed by atoms with E-state index >= 15 is 9.59 Å². The molecule has 109 heavy (non-hydrogen) atoms. The Labute approximate surface area is 636 Å². The molecule has 0 saturated carbocycles. The Hall–Kier alpha value is -10.3. The first-order chi connectivity index (χ1) is 51.8. The van der Waals surface area contributed by atoms with E-state index in [1.807, 2.05) is 0 Å². The number of rotatable bonds is 24. The summed E-state index contributed by atoms with van der Waals surface area (Å²) in [6.07, 6.45) is -2.93. The number of aliphatic hydroxyl groups excluding tert-OH is 3. The lowest BCUT2D eigenvalue weighted by Gasteiger charge is -2.29. The third-order valence-corrected chi connectivity index (χ3v) is 19.6. The molecule has 15 amide bonds. The Morgan fingerprint density at radius 3 is 1.45 bits per heavy atom. The Kier molecular flexibility index (Phi) is 37.3. The van der Waals surface area contributed by atoms with E-state index in [1.165, 1.54) is 13.8 Å². The topological polar surface area (TPSA) is 619 Å². The van der Waals surface area contributed by atoms with Crippen LogP contribution in [-0.4, -0.2) is 237 Å². The van der Waals surface area contributed by atoms with Crippen LogP contribution >= 0.6 is 21.6 Å². The summed E-state index contributed by atoms with van der Waals surface area (Å²) < 4.78 is 0. The Balaban J connectivity index is 1.62. The highest BCUT2D eigenvalue weighted by atomic mass is 33.1. The second-order valence-corrected chi connectivity index (χ2v) is 28.7. The number of fused-ring (bicyclic) bond motifs is 1. The van der Waals surface area contributed by atoms with Crippen LogP contribution in [0.15, 0.2) is 91.1 Å². The van der Waals surface area contributed by atoms with Gasteiger partial charge < -0.3 is 118 Å². The normalized spacial score (nSPS) is 24.4. The molecule has 0 radical (unpaired) electrons. The number of carbonyl (C=O) groups excluding carboxylic acids is 15. The number of hydrogen-bond donors (Lipinski definition) is 22. The molecule has 39 heteroatoms. The van der Waals surface area contributed by atoms with Crippen LogP contribution in [0, 0.1) is 0 Å². The van der Waals surface area contributed by atoms with E-state index in [0.717, 1.165) is 35.4 Å². The van der Waals surface area contributed by atoms with E-state index in [0.29, 0.717) is 40.4 Å². The number of para-hydroxylation sites is 1. The Morgan fingerprint density at radius 1 is 0.505 bits per heavy atom. The van der Waals surface area contributed by atoms with E-state index in [4.69, 9.17) is 28.7 Å². The molecule has 1 fully saturated rings. The molecule has 2 heterocycles. The van der Waals surface area contributed by atoms with Gasteiger partial charge in [-0.1, -0.05) is 100 Å². The molecule has 1 aromatic heterocycles. The van der Waals surface area contributed by atoms with Crippen molar-refractivity contribution in [3.05, 3.63) is 108 Å². The Bertz CT molecular complexity index is 3780. The van der Waals surface area contributed by atoms with Crippen molar-refractivity contribution in [2.24, 2.45) is 28.7 Å². The zero-order valence-corrected chi connectivity index (χ0v) is 62.4. The van der Waals surface area contributed by atoms with Crippen LogP contribution in [0.5, 0.6) is 0 Å². The van der Waals surface area contributed by atoms with E-state index in [-0.39, 0.29) is 58.0 Å². The highest BCUT2D eigenvalue weighted by Crippen LogP contribution is 2.24. The summed E-state index contributed by atoms with van der Waals surface area (Å²) >= 11 is 0. The molecule has 37 nitrogen and oxygen atoms in total. The van der Waals surface area contributed by atoms with Gasteiger partial charge in [0.25, 0.3) is 0 Å². The molecule has 596 valence electrons. The molecule has 4 aromatic rings. The molecule has 3 aromatic carbocycles. The second-order valence-electron chi connectivity index (χ2n) is 26.1. The highest BCUT2D eigenvalue weighted by molar-refractivity contribution is 8.76. The third kappa shape index (κ3) is 29.7. The summed E-state index contributed by atoms with van der Waals surface area (Å²) in [5.74, 6) is -16.7. The van der Waals surface area contributed by atoms with Crippen LogP contribution in [0.3, 0.4) is 0 Å². The number of unbranched alkanes of at least 4 members (excludes halogenated alkanes) is 2. The summed E-state index contributed by atoms with van der Waals surface area (Å²) in [4.78, 5) is 214. The van der Waals surface area contributed by atoms with Crippen LogP contribution < -0.4 is 97.8 Å². The maximum atomic E-state index is 15.1. The van der Waals surface area contributed by atoms with Gasteiger partial charge in [0.15, 0.2) is 0 Å². The summed E-state index contributed by atoms with van der Waals surface area (Å²) in [6, 6.07) is 2.04. The van der Waals surface area contributed by atoms with Gasteiger partial charge >= 0.3 is 0 Å². The van der Waals surface area contributed by atoms with Crippen molar-refractivity contribution >= 4 is 121 Å². The SMILES string of the molecule is C[C@H](N)C(=O)NCC(=O)N[C@H]1CSSC[C@@H](C(N)=O)NC(=O)[C@H](CO)NC(=O)[C@H]([C@@H](C)O)NC(=O)[C@H](Cc2ccccc2)NC(=O)[C@H]([C@@H](C)O)NC(=O)[C@H](CCCCN)NC(=O)[C@H](Cc2c[nH]c3ccccc23)NC(=O)[C@H](Cc2ccccc2)NC(=O)[C@H](C)NC(=O)[C@H](CC(N)=O)NC(=O)[C@H](CCCCN)NC1=O. The number of carbonyl (C=O) groups is 15. The minimum Gasteiger partial charge on any atom is -0.394 e. The number of primary amides is 2. The molecule has 1 saturated heterocycles. The first-order valence-corrected chi connectivity index (χ1v) is 37.8. The number of aromatic nitrogens is 1. The van der Waals surface area contributed by atoms with E-state index in [1.54, 1.807) is 91.1 Å². The summed E-state index contributed by atoms with van der Waals surface area (Å²) in [6.45, 7) is 3.22. The number of aromatic amines is 1. The van der Waals surface area contributed by atoms with Gasteiger partial charge in [-0.15, -0.1) is 0 Å². The van der Waals surface area contributed by atoms with Crippen molar-refractivity contribution in [2.75, 3.05) is 37.7 Å². The molecule has 0 unspecified atom stereocenters. The highest BCUT2D eigenvalue weighted by Gasteiger charge is 2.39. The predicted molar refractivity (Wildman–Crippen MR) is 402 cm³/mol. The smallest absolute Gasteiger partial charge is 0.245 e. The second kappa shape index (κ2) is 45.5. The molecule has 27 N–H and O–H groups in total. The third-order valence-electron chi connectivity index (χ3n) is 17.2. The van der Waals surface area contributed by atoms with Crippen LogP contribution in [0.4, 0.5) is 0 Å². The molecule has 0 aliphatic carbocycles. The fourth-order valence-electron chi connectivity index (χ4n) is 11.0. The fraction of sp³-hybridized carbons (Fsp3) is 0.500.